The molecule has 0 aliphatic rings. The van der Waals surface area contributed by atoms with Gasteiger partial charge in [0.25, 0.3) is 0 Å². The third-order valence-corrected chi connectivity index (χ3v) is 3.53. The molecule has 2 aromatic carbocycles. The van der Waals surface area contributed by atoms with E-state index in [0.29, 0.717) is 6.42 Å². The molecule has 3 nitrogen and oxygen atoms in total. The molecule has 1 amide bonds. The van der Waals surface area contributed by atoms with E-state index in [1.807, 2.05) is 46.8 Å². The summed E-state index contributed by atoms with van der Waals surface area (Å²) in [5.74, 6) is -0.00409. The highest BCUT2D eigenvalue weighted by Gasteiger charge is 2.26. The second kappa shape index (κ2) is 6.49. The van der Waals surface area contributed by atoms with E-state index in [1.54, 1.807) is 0 Å². The van der Waals surface area contributed by atoms with Crippen molar-refractivity contribution in [3.63, 3.8) is 0 Å². The van der Waals surface area contributed by atoms with Crippen molar-refractivity contribution in [2.24, 2.45) is 0 Å². The monoisotopic (exact) mass is 299 g/mol. The van der Waals surface area contributed by atoms with Crippen molar-refractivity contribution < 1.29 is 9.63 Å². The van der Waals surface area contributed by atoms with E-state index in [-0.39, 0.29) is 11.9 Å². The van der Waals surface area contributed by atoms with Gasteiger partial charge in [-0.15, -0.1) is 0 Å². The number of fused-ring (bicyclic) bond motifs is 1. The lowest BCUT2D eigenvalue weighted by Crippen LogP contribution is -2.39. The molecule has 2 rings (SSSR count). The fourth-order valence-corrected chi connectivity index (χ4v) is 2.40. The summed E-state index contributed by atoms with van der Waals surface area (Å²) in [6.45, 7) is 9.72. The molecule has 0 aromatic heterocycles. The van der Waals surface area contributed by atoms with Crippen LogP contribution in [0.4, 0.5) is 0 Å². The Morgan fingerprint density at radius 3 is 2.36 bits per heavy atom. The maximum absolute atomic E-state index is 12.3. The van der Waals surface area contributed by atoms with Crippen LogP contribution in [0.1, 0.15) is 52.6 Å². The minimum absolute atomic E-state index is 0.00409. The van der Waals surface area contributed by atoms with Crippen molar-refractivity contribution in [2.45, 2.75) is 52.7 Å². The Kier molecular flexibility index (Phi) is 4.87. The van der Waals surface area contributed by atoms with Gasteiger partial charge in [0.2, 0.25) is 5.91 Å². The Balaban J connectivity index is 2.35. The molecule has 0 fully saturated rings. The molecule has 1 unspecified atom stereocenters. The van der Waals surface area contributed by atoms with Crippen LogP contribution in [-0.2, 0) is 9.63 Å². The van der Waals surface area contributed by atoms with Crippen LogP contribution in [-0.4, -0.2) is 16.6 Å². The van der Waals surface area contributed by atoms with Crippen molar-refractivity contribution in [1.82, 2.24) is 5.06 Å². The van der Waals surface area contributed by atoms with E-state index in [4.69, 9.17) is 4.84 Å². The Morgan fingerprint density at radius 1 is 1.14 bits per heavy atom. The maximum atomic E-state index is 12.3. The van der Waals surface area contributed by atoms with Gasteiger partial charge in [0.15, 0.2) is 0 Å². The van der Waals surface area contributed by atoms with Crippen molar-refractivity contribution >= 4 is 16.7 Å². The fraction of sp³-hybridized carbons (Fsp3) is 0.421. The second-order valence-corrected chi connectivity index (χ2v) is 6.56. The van der Waals surface area contributed by atoms with E-state index >= 15 is 0 Å². The Morgan fingerprint density at radius 2 is 1.77 bits per heavy atom. The summed E-state index contributed by atoms with van der Waals surface area (Å²) in [4.78, 5) is 18.2. The number of rotatable bonds is 4. The van der Waals surface area contributed by atoms with Gasteiger partial charge in [-0.05, 0) is 50.1 Å². The second-order valence-electron chi connectivity index (χ2n) is 6.56. The van der Waals surface area contributed by atoms with E-state index in [1.165, 1.54) is 15.8 Å². The predicted molar refractivity (Wildman–Crippen MR) is 90.3 cm³/mol. The van der Waals surface area contributed by atoms with Crippen LogP contribution in [0.15, 0.2) is 42.5 Å². The van der Waals surface area contributed by atoms with Gasteiger partial charge in [-0.3, -0.25) is 9.63 Å². The molecular formula is C19H25NO2. The van der Waals surface area contributed by atoms with E-state index in [2.05, 4.69) is 30.3 Å². The predicted octanol–water partition coefficient (Wildman–Crippen LogP) is 4.87. The lowest BCUT2D eigenvalue weighted by Gasteiger charge is -2.34. The summed E-state index contributed by atoms with van der Waals surface area (Å²) < 4.78 is 0. The van der Waals surface area contributed by atoms with Gasteiger partial charge in [-0.25, -0.2) is 5.06 Å². The number of hydroxylamine groups is 2. The fourth-order valence-electron chi connectivity index (χ4n) is 2.40. The first-order valence-corrected chi connectivity index (χ1v) is 7.81. The molecule has 0 radical (unpaired) electrons. The SMILES string of the molecule is CCC(=O)N(OC(C)(C)C)C(C)c1ccc2ccccc2c1. The molecule has 0 aliphatic heterocycles. The number of amides is 1. The molecule has 0 saturated carbocycles. The van der Waals surface area contributed by atoms with Crippen molar-refractivity contribution in [3.8, 4) is 0 Å². The van der Waals surface area contributed by atoms with Crippen LogP contribution < -0.4 is 0 Å². The van der Waals surface area contributed by atoms with Crippen molar-refractivity contribution in [2.75, 3.05) is 0 Å². The number of carbonyl (C=O) groups excluding carboxylic acids is 1. The zero-order valence-corrected chi connectivity index (χ0v) is 14.1. The summed E-state index contributed by atoms with van der Waals surface area (Å²) in [6, 6.07) is 14.4. The summed E-state index contributed by atoms with van der Waals surface area (Å²) in [5.41, 5.74) is 0.667. The first-order valence-electron chi connectivity index (χ1n) is 7.81. The topological polar surface area (TPSA) is 29.5 Å². The van der Waals surface area contributed by atoms with Gasteiger partial charge in [-0.2, -0.15) is 0 Å². The largest absolute Gasteiger partial charge is 0.273 e. The average molecular weight is 299 g/mol. The van der Waals surface area contributed by atoms with Crippen LogP contribution in [0, 0.1) is 0 Å². The smallest absolute Gasteiger partial charge is 0.246 e. The highest BCUT2D eigenvalue weighted by molar-refractivity contribution is 5.83. The number of hydrogen-bond acceptors (Lipinski definition) is 2. The van der Waals surface area contributed by atoms with Gasteiger partial charge >= 0.3 is 0 Å². The van der Waals surface area contributed by atoms with Gasteiger partial charge in [0.05, 0.1) is 11.6 Å². The Labute approximate surface area is 132 Å². The van der Waals surface area contributed by atoms with Crippen LogP contribution in [0.2, 0.25) is 0 Å². The molecular weight excluding hydrogens is 274 g/mol. The highest BCUT2D eigenvalue weighted by atomic mass is 16.7. The maximum Gasteiger partial charge on any atom is 0.246 e. The van der Waals surface area contributed by atoms with Gasteiger partial charge in [0.1, 0.15) is 0 Å². The summed E-state index contributed by atoms with van der Waals surface area (Å²) in [7, 11) is 0. The standard InChI is InChI=1S/C19H25NO2/c1-6-18(21)20(22-19(3,4)5)14(2)16-12-11-15-9-7-8-10-17(15)13-16/h7-14H,6H2,1-5H3. The highest BCUT2D eigenvalue weighted by Crippen LogP contribution is 2.27. The molecule has 0 N–H and O–H groups in total. The lowest BCUT2D eigenvalue weighted by atomic mass is 10.0. The zero-order valence-electron chi connectivity index (χ0n) is 14.1. The van der Waals surface area contributed by atoms with E-state index in [0.717, 1.165) is 5.56 Å². The normalized spacial score (nSPS) is 13.1. The zero-order chi connectivity index (χ0) is 16.3. The van der Waals surface area contributed by atoms with E-state index < -0.39 is 5.60 Å². The van der Waals surface area contributed by atoms with Crippen molar-refractivity contribution in [1.29, 1.82) is 0 Å². The molecule has 22 heavy (non-hydrogen) atoms. The Bertz CT molecular complexity index is 658. The van der Waals surface area contributed by atoms with Crippen LogP contribution in [0.3, 0.4) is 0 Å². The summed E-state index contributed by atoms with van der Waals surface area (Å²) in [5, 5.41) is 3.89. The molecule has 118 valence electrons. The number of carbonyl (C=O) groups is 1. The van der Waals surface area contributed by atoms with E-state index in [9.17, 15) is 4.79 Å². The average Bonchev–Trinajstić information content (AvgIpc) is 2.50. The lowest BCUT2D eigenvalue weighted by molar-refractivity contribution is -0.242. The third kappa shape index (κ3) is 3.86. The van der Waals surface area contributed by atoms with Crippen LogP contribution in [0.5, 0.6) is 0 Å². The molecule has 2 aromatic rings. The molecule has 0 bridgehead atoms. The van der Waals surface area contributed by atoms with Crippen LogP contribution in [0.25, 0.3) is 10.8 Å². The number of hydrogen-bond donors (Lipinski definition) is 0. The van der Waals surface area contributed by atoms with Crippen LogP contribution >= 0.6 is 0 Å². The molecule has 3 heteroatoms. The minimum atomic E-state index is -0.407. The molecule has 0 aliphatic carbocycles. The molecule has 1 atom stereocenters. The molecule has 0 saturated heterocycles. The number of benzene rings is 2. The van der Waals surface area contributed by atoms with Crippen molar-refractivity contribution in [3.05, 3.63) is 48.0 Å². The van der Waals surface area contributed by atoms with Gasteiger partial charge < -0.3 is 0 Å². The molecule has 0 heterocycles. The summed E-state index contributed by atoms with van der Waals surface area (Å²) >= 11 is 0. The third-order valence-electron chi connectivity index (χ3n) is 3.53. The molecule has 0 spiro atoms. The minimum Gasteiger partial charge on any atom is -0.273 e. The van der Waals surface area contributed by atoms with Gasteiger partial charge in [0, 0.05) is 6.42 Å². The van der Waals surface area contributed by atoms with Gasteiger partial charge in [-0.1, -0.05) is 43.3 Å². The number of nitrogens with zero attached hydrogens (tertiary/aromatic N) is 1. The first kappa shape index (κ1) is 16.5. The quantitative estimate of drug-likeness (QED) is 0.754. The Hall–Kier alpha value is -1.87. The summed E-state index contributed by atoms with van der Waals surface area (Å²) in [6.07, 6.45) is 0.425. The first-order chi connectivity index (χ1) is 10.3.